The predicted molar refractivity (Wildman–Crippen MR) is 169 cm³/mol. The Morgan fingerprint density at radius 2 is 0.632 bits per heavy atom. The molecule has 0 aromatic carbocycles. The Morgan fingerprint density at radius 3 is 0.895 bits per heavy atom. The maximum absolute atomic E-state index is 10.8. The zero-order valence-corrected chi connectivity index (χ0v) is 26.4. The molecule has 0 atom stereocenters. The molecule has 38 heavy (non-hydrogen) atoms. The number of hydrogen-bond acceptors (Lipinski definition) is 2. The van der Waals surface area contributed by atoms with E-state index >= 15 is 0 Å². The molecule has 0 unspecified atom stereocenters. The van der Waals surface area contributed by atoms with E-state index in [4.69, 9.17) is 5.11 Å². The van der Waals surface area contributed by atoms with Crippen LogP contribution in [-0.4, -0.2) is 35.6 Å². The molecular formula is C35H71NO2. The molecular weight excluding hydrogens is 466 g/mol. The first-order valence-corrected chi connectivity index (χ1v) is 17.6. The number of carbonyl (C=O) groups is 1. The minimum atomic E-state index is -0.649. The average Bonchev–Trinajstić information content (AvgIpc) is 2.91. The minimum absolute atomic E-state index is 0.325. The molecule has 228 valence electrons. The van der Waals surface area contributed by atoms with Crippen LogP contribution in [0.25, 0.3) is 0 Å². The molecule has 3 heteroatoms. The van der Waals surface area contributed by atoms with Crippen LogP contribution < -0.4 is 0 Å². The molecule has 0 aliphatic heterocycles. The Hall–Kier alpha value is -0.570. The molecule has 0 heterocycles. The molecule has 0 bridgehead atoms. The summed E-state index contributed by atoms with van der Waals surface area (Å²) in [7, 11) is 0. The van der Waals surface area contributed by atoms with Gasteiger partial charge in [0.1, 0.15) is 0 Å². The maximum atomic E-state index is 10.8. The van der Waals surface area contributed by atoms with Gasteiger partial charge < -0.3 is 10.0 Å². The van der Waals surface area contributed by atoms with Gasteiger partial charge in [0.25, 0.3) is 0 Å². The van der Waals surface area contributed by atoms with Gasteiger partial charge in [0.05, 0.1) is 0 Å². The van der Waals surface area contributed by atoms with Crippen molar-refractivity contribution in [2.75, 3.05) is 19.6 Å². The number of rotatable bonds is 33. The van der Waals surface area contributed by atoms with Crippen LogP contribution in [0.2, 0.25) is 0 Å². The molecule has 0 aliphatic rings. The Morgan fingerprint density at radius 1 is 0.395 bits per heavy atom. The number of nitrogens with zero attached hydrogens (tertiary/aromatic N) is 1. The highest BCUT2D eigenvalue weighted by Crippen LogP contribution is 2.15. The monoisotopic (exact) mass is 538 g/mol. The highest BCUT2D eigenvalue weighted by molar-refractivity contribution is 5.66. The Balaban J connectivity index is 3.73. The minimum Gasteiger partial charge on any atom is -0.481 e. The highest BCUT2D eigenvalue weighted by Gasteiger charge is 2.06. The SMILES string of the molecule is CCCCCCCCCCCCCCCN(CCCCCCCCCCCCCCC)CCCCC(=O)O. The number of carboxylic acid groups (broad SMARTS) is 1. The quantitative estimate of drug-likeness (QED) is 0.0846. The van der Waals surface area contributed by atoms with Gasteiger partial charge in [-0.3, -0.25) is 4.79 Å². The van der Waals surface area contributed by atoms with Gasteiger partial charge >= 0.3 is 5.97 Å². The molecule has 0 fully saturated rings. The molecule has 0 radical (unpaired) electrons. The Bertz CT molecular complexity index is 423. The zero-order chi connectivity index (χ0) is 27.8. The lowest BCUT2D eigenvalue weighted by Gasteiger charge is -2.22. The second-order valence-corrected chi connectivity index (χ2v) is 12.2. The summed E-state index contributed by atoms with van der Waals surface area (Å²) in [6.45, 7) is 8.09. The molecule has 0 aromatic rings. The largest absolute Gasteiger partial charge is 0.481 e. The summed E-state index contributed by atoms with van der Waals surface area (Å²) in [4.78, 5) is 13.5. The third-order valence-corrected chi connectivity index (χ3v) is 8.27. The van der Waals surface area contributed by atoms with E-state index in [1.54, 1.807) is 0 Å². The van der Waals surface area contributed by atoms with Crippen LogP contribution in [0.1, 0.15) is 200 Å². The zero-order valence-electron chi connectivity index (χ0n) is 26.4. The number of unbranched alkanes of at least 4 members (excludes halogenated alkanes) is 25. The number of hydrogen-bond donors (Lipinski definition) is 1. The van der Waals surface area contributed by atoms with Gasteiger partial charge in [-0.1, -0.05) is 168 Å². The summed E-state index contributed by atoms with van der Waals surface area (Å²) in [6.07, 6.45) is 38.8. The van der Waals surface area contributed by atoms with Gasteiger partial charge in [0.15, 0.2) is 0 Å². The van der Waals surface area contributed by atoms with E-state index in [2.05, 4.69) is 18.7 Å². The number of aliphatic carboxylic acids is 1. The molecule has 0 saturated heterocycles. The second-order valence-electron chi connectivity index (χ2n) is 12.2. The first kappa shape index (κ1) is 37.4. The molecule has 1 N–H and O–H groups in total. The van der Waals surface area contributed by atoms with Crippen LogP contribution in [0.5, 0.6) is 0 Å². The van der Waals surface area contributed by atoms with Crippen molar-refractivity contribution in [3.8, 4) is 0 Å². The highest BCUT2D eigenvalue weighted by atomic mass is 16.4. The van der Waals surface area contributed by atoms with Gasteiger partial charge in [0, 0.05) is 6.42 Å². The van der Waals surface area contributed by atoms with Crippen LogP contribution in [0.3, 0.4) is 0 Å². The van der Waals surface area contributed by atoms with E-state index in [1.165, 1.54) is 180 Å². The normalized spacial score (nSPS) is 11.6. The average molecular weight is 538 g/mol. The fraction of sp³-hybridized carbons (Fsp3) is 0.971. The smallest absolute Gasteiger partial charge is 0.303 e. The van der Waals surface area contributed by atoms with Gasteiger partial charge in [0.2, 0.25) is 0 Å². The van der Waals surface area contributed by atoms with Gasteiger partial charge in [-0.05, 0) is 45.3 Å². The predicted octanol–water partition coefficient (Wildman–Crippen LogP) is 11.7. The van der Waals surface area contributed by atoms with Crippen molar-refractivity contribution >= 4 is 5.97 Å². The molecule has 0 aromatic heterocycles. The van der Waals surface area contributed by atoms with Gasteiger partial charge in [-0.15, -0.1) is 0 Å². The van der Waals surface area contributed by atoms with Crippen molar-refractivity contribution in [3.63, 3.8) is 0 Å². The van der Waals surface area contributed by atoms with Crippen molar-refractivity contribution in [3.05, 3.63) is 0 Å². The van der Waals surface area contributed by atoms with E-state index < -0.39 is 5.97 Å². The lowest BCUT2D eigenvalue weighted by molar-refractivity contribution is -0.137. The van der Waals surface area contributed by atoms with E-state index in [9.17, 15) is 4.79 Å². The molecule has 0 amide bonds. The molecule has 3 nitrogen and oxygen atoms in total. The number of carboxylic acids is 1. The maximum Gasteiger partial charge on any atom is 0.303 e. The summed E-state index contributed by atoms with van der Waals surface area (Å²) in [5, 5.41) is 8.94. The fourth-order valence-corrected chi connectivity index (χ4v) is 5.65. The van der Waals surface area contributed by atoms with Crippen LogP contribution in [0.15, 0.2) is 0 Å². The van der Waals surface area contributed by atoms with E-state index in [-0.39, 0.29) is 0 Å². The Kier molecular flexibility index (Phi) is 32.2. The van der Waals surface area contributed by atoms with Crippen LogP contribution in [0, 0.1) is 0 Å². The van der Waals surface area contributed by atoms with Gasteiger partial charge in [-0.25, -0.2) is 0 Å². The van der Waals surface area contributed by atoms with Crippen LogP contribution in [0.4, 0.5) is 0 Å². The summed E-state index contributed by atoms with van der Waals surface area (Å²) in [6, 6.07) is 0. The van der Waals surface area contributed by atoms with Crippen molar-refractivity contribution in [2.24, 2.45) is 0 Å². The first-order chi connectivity index (χ1) is 18.7. The summed E-state index contributed by atoms with van der Waals surface area (Å²) < 4.78 is 0. The third-order valence-electron chi connectivity index (χ3n) is 8.27. The van der Waals surface area contributed by atoms with Crippen molar-refractivity contribution in [1.29, 1.82) is 0 Å². The van der Waals surface area contributed by atoms with Crippen molar-refractivity contribution in [2.45, 2.75) is 200 Å². The standard InChI is InChI=1S/C35H71NO2/c1-3-5-7-9-11-13-15-17-19-21-23-25-28-32-36(34-30-27-31-35(37)38)33-29-26-24-22-20-18-16-14-12-10-8-6-4-2/h3-34H2,1-2H3,(H,37,38). The fourth-order valence-electron chi connectivity index (χ4n) is 5.65. The topological polar surface area (TPSA) is 40.5 Å². The summed E-state index contributed by atoms with van der Waals surface area (Å²) in [5.74, 6) is -0.649. The lowest BCUT2D eigenvalue weighted by Crippen LogP contribution is -2.27. The third kappa shape index (κ3) is 31.6. The molecule has 0 spiro atoms. The van der Waals surface area contributed by atoms with Crippen molar-refractivity contribution in [1.82, 2.24) is 4.90 Å². The second kappa shape index (κ2) is 32.6. The summed E-state index contributed by atoms with van der Waals surface area (Å²) >= 11 is 0. The first-order valence-electron chi connectivity index (χ1n) is 17.6. The van der Waals surface area contributed by atoms with Crippen molar-refractivity contribution < 1.29 is 9.90 Å². The van der Waals surface area contributed by atoms with E-state index in [0.29, 0.717) is 6.42 Å². The van der Waals surface area contributed by atoms with Crippen LogP contribution >= 0.6 is 0 Å². The summed E-state index contributed by atoms with van der Waals surface area (Å²) in [5.41, 5.74) is 0. The lowest BCUT2D eigenvalue weighted by atomic mass is 10.0. The Labute approximate surface area is 240 Å². The molecule has 0 aliphatic carbocycles. The van der Waals surface area contributed by atoms with E-state index in [0.717, 1.165) is 19.4 Å². The van der Waals surface area contributed by atoms with E-state index in [1.807, 2.05) is 0 Å². The molecule has 0 saturated carbocycles. The molecule has 0 rings (SSSR count). The van der Waals surface area contributed by atoms with Gasteiger partial charge in [-0.2, -0.15) is 0 Å². The van der Waals surface area contributed by atoms with Crippen LogP contribution in [-0.2, 0) is 4.79 Å².